The Labute approximate surface area is 596 Å². The number of ether oxygens (including phenoxy) is 6. The van der Waals surface area contributed by atoms with Crippen molar-refractivity contribution in [2.24, 2.45) is 0 Å². The summed E-state index contributed by atoms with van der Waals surface area (Å²) >= 11 is 0. The summed E-state index contributed by atoms with van der Waals surface area (Å²) in [6, 6.07) is 50.5. The Hall–Kier alpha value is -9.79. The fourth-order valence-corrected chi connectivity index (χ4v) is 14.8. The summed E-state index contributed by atoms with van der Waals surface area (Å²) in [5, 5.41) is 7.60. The van der Waals surface area contributed by atoms with E-state index in [1.165, 1.54) is 45.1 Å². The molecule has 0 aliphatic carbocycles. The van der Waals surface area contributed by atoms with Gasteiger partial charge in [-0.3, -0.25) is 52.1 Å². The van der Waals surface area contributed by atoms with Crippen LogP contribution in [0.5, 0.6) is 5.75 Å². The third kappa shape index (κ3) is 20.6. The molecular formula is C67H65N9O25P4-4. The highest BCUT2D eigenvalue weighted by Crippen LogP contribution is 2.57. The molecule has 34 nitrogen and oxygen atoms in total. The van der Waals surface area contributed by atoms with Crippen LogP contribution in [-0.4, -0.2) is 104 Å². The Bertz CT molecular complexity index is 5000. The molecule has 38 heteroatoms. The third-order valence-electron chi connectivity index (χ3n) is 15.5. The molecule has 0 spiro atoms. The Morgan fingerprint density at radius 1 is 0.533 bits per heavy atom. The minimum atomic E-state index is -5.75. The van der Waals surface area contributed by atoms with Gasteiger partial charge in [-0.25, -0.2) is 42.6 Å². The van der Waals surface area contributed by atoms with Gasteiger partial charge in [0.25, 0.3) is 31.3 Å². The first-order valence-corrected chi connectivity index (χ1v) is 37.7. The number of amides is 3. The maximum atomic E-state index is 14.2. The number of fused-ring (bicyclic) bond motifs is 2. The second-order valence-corrected chi connectivity index (χ2v) is 29.0. The number of phosphoric acid groups is 4. The minimum absolute atomic E-state index is 0.0945. The van der Waals surface area contributed by atoms with Gasteiger partial charge >= 0.3 is 29.7 Å². The van der Waals surface area contributed by atoms with Gasteiger partial charge in [0.1, 0.15) is 41.6 Å². The topological polar surface area (TPSA) is 437 Å². The molecule has 0 radical (unpaired) electrons. The van der Waals surface area contributed by atoms with Crippen LogP contribution in [0.1, 0.15) is 43.3 Å². The summed E-state index contributed by atoms with van der Waals surface area (Å²) in [7, 11) is -20.4. The second kappa shape index (κ2) is 34.0. The van der Waals surface area contributed by atoms with Gasteiger partial charge in [0.05, 0.1) is 44.9 Å². The quantitative estimate of drug-likeness (QED) is 0.0319. The predicted molar refractivity (Wildman–Crippen MR) is 366 cm³/mol. The molecule has 552 valence electrons. The van der Waals surface area contributed by atoms with Crippen molar-refractivity contribution >= 4 is 77.9 Å². The standard InChI is InChI=1S/C39H37N5O13P2.C28H32N4O12P2/c1-26-17-19-28(20-18-26)31-23-44-33(42-31)21-22-43(39(44)47)36-35(56-38(46)41-30-15-9-4-10-16-30)34(55-37(45)40-29-13-7-3-8-14-29)32(54-36)25-53-59(50,51)57-58(48,49)52-24-27-11-5-2-6-12-27;1-3-14-40-45(35,36)44-46(37,38)41-18-24-23(43-27(33)29-20-9-5-4-6-10-20)16-26(42-24)31-13-12-25-30-22(17-32(25)28(31)34)19-8-7-11-21(15-19)39-2/h2-23,32,34-36H,24-25H2,1H3,(H,40,45)(H,41,46)(H,48,49)(H,50,51);4-13,15,17,23-24,26H,3,14,16,18H2,1-2H3,(H,29,33)(H,35,36)(H,37,38)/p-4/t32-,34+,35?,36-;23-,24-,26-/m11/s1. The Morgan fingerprint density at radius 2 is 1.01 bits per heavy atom. The van der Waals surface area contributed by atoms with E-state index in [1.54, 1.807) is 159 Å². The van der Waals surface area contributed by atoms with E-state index in [2.05, 4.69) is 39.1 Å². The second-order valence-electron chi connectivity index (χ2n) is 23.0. The summed E-state index contributed by atoms with van der Waals surface area (Å²) in [4.78, 5) is 126. The van der Waals surface area contributed by atoms with E-state index in [4.69, 9.17) is 42.0 Å². The first kappa shape index (κ1) is 76.3. The molecule has 2 aliphatic heterocycles. The fraction of sp³-hybridized carbons (Fsp3) is 0.239. The number of benzene rings is 6. The summed E-state index contributed by atoms with van der Waals surface area (Å²) < 4.78 is 116. The van der Waals surface area contributed by atoms with Gasteiger partial charge in [0.15, 0.2) is 18.4 Å². The van der Waals surface area contributed by atoms with Gasteiger partial charge < -0.3 is 66.1 Å². The van der Waals surface area contributed by atoms with Crippen LogP contribution < -0.4 is 51.6 Å². The summed E-state index contributed by atoms with van der Waals surface area (Å²) in [5.41, 5.74) is 4.26. The lowest BCUT2D eigenvalue weighted by Gasteiger charge is -2.31. The molecule has 2 aliphatic rings. The predicted octanol–water partition coefficient (Wildman–Crippen LogP) is 9.26. The van der Waals surface area contributed by atoms with Gasteiger partial charge in [-0.1, -0.05) is 134 Å². The van der Waals surface area contributed by atoms with Gasteiger partial charge in [-0.05, 0) is 79.6 Å². The van der Waals surface area contributed by atoms with Crippen molar-refractivity contribution in [2.75, 3.05) is 42.9 Å². The first-order chi connectivity index (χ1) is 50.3. The molecule has 10 aromatic rings. The average Bonchev–Trinajstić information content (AvgIpc) is 1.62. The van der Waals surface area contributed by atoms with Gasteiger partial charge in [0, 0.05) is 59.4 Å². The molecule has 6 aromatic carbocycles. The summed E-state index contributed by atoms with van der Waals surface area (Å²) in [6.45, 7) is 0.853. The van der Waals surface area contributed by atoms with Crippen molar-refractivity contribution < 1.29 is 107 Å². The molecule has 2 saturated heterocycles. The molecule has 5 unspecified atom stereocenters. The molecule has 11 atom stereocenters. The number of aromatic nitrogens is 6. The molecule has 12 rings (SSSR count). The van der Waals surface area contributed by atoms with Crippen LogP contribution in [0.2, 0.25) is 0 Å². The zero-order chi connectivity index (χ0) is 74.5. The van der Waals surface area contributed by atoms with Crippen molar-refractivity contribution in [1.29, 1.82) is 0 Å². The van der Waals surface area contributed by atoms with Crippen molar-refractivity contribution in [3.8, 4) is 28.3 Å². The van der Waals surface area contributed by atoms with Crippen molar-refractivity contribution in [3.05, 3.63) is 239 Å². The minimum Gasteiger partial charge on any atom is -0.756 e. The summed E-state index contributed by atoms with van der Waals surface area (Å²) in [6.07, 6.45) is -7.12. The van der Waals surface area contributed by atoms with Crippen LogP contribution in [-0.2, 0) is 75.3 Å². The monoisotopic (exact) mass is 1520 g/mol. The zero-order valence-electron chi connectivity index (χ0n) is 55.6. The highest BCUT2D eigenvalue weighted by atomic mass is 31.3. The molecular weight excluding hydrogens is 1450 g/mol. The van der Waals surface area contributed by atoms with Crippen LogP contribution in [0.4, 0.5) is 31.4 Å². The number of nitrogens with one attached hydrogen (secondary N) is 3. The fourth-order valence-electron chi connectivity index (χ4n) is 10.7. The average molecular weight is 1520 g/mol. The first-order valence-electron chi connectivity index (χ1n) is 31.9. The van der Waals surface area contributed by atoms with E-state index in [9.17, 15) is 61.8 Å². The number of methoxy groups -OCH3 is 1. The summed E-state index contributed by atoms with van der Waals surface area (Å²) in [5.74, 6) is 0.613. The van der Waals surface area contributed by atoms with Gasteiger partial charge in [-0.15, -0.1) is 0 Å². The van der Waals surface area contributed by atoms with E-state index >= 15 is 0 Å². The van der Waals surface area contributed by atoms with Gasteiger partial charge in [0.2, 0.25) is 0 Å². The Balaban J connectivity index is 0.000000217. The lowest BCUT2D eigenvalue weighted by molar-refractivity contribution is -0.248. The van der Waals surface area contributed by atoms with E-state index in [1.807, 2.05) is 37.3 Å². The third-order valence-corrected chi connectivity index (χ3v) is 20.6. The van der Waals surface area contributed by atoms with Crippen LogP contribution in [0.25, 0.3) is 33.8 Å². The van der Waals surface area contributed by atoms with Crippen LogP contribution in [0, 0.1) is 6.92 Å². The smallest absolute Gasteiger partial charge is 0.412 e. The molecule has 2 fully saturated rings. The largest absolute Gasteiger partial charge is 0.756 e. The van der Waals surface area contributed by atoms with Crippen LogP contribution in [0.15, 0.2) is 216 Å². The molecule has 3 N–H and O–H groups in total. The maximum Gasteiger partial charge on any atom is 0.412 e. The number of anilines is 3. The van der Waals surface area contributed by atoms with Gasteiger partial charge in [-0.2, -0.15) is 0 Å². The Morgan fingerprint density at radius 3 is 1.55 bits per heavy atom. The molecule has 105 heavy (non-hydrogen) atoms. The number of carbonyl (C=O) groups is 3. The number of phosphoric ester groups is 4. The number of hydrogen-bond acceptors (Lipinski definition) is 27. The van der Waals surface area contributed by atoms with E-state index in [0.717, 1.165) is 15.7 Å². The molecule has 0 bridgehead atoms. The van der Waals surface area contributed by atoms with Crippen LogP contribution >= 0.6 is 31.3 Å². The zero-order valence-corrected chi connectivity index (χ0v) is 59.2. The number of rotatable bonds is 27. The molecule has 4 aromatic heterocycles. The van der Waals surface area contributed by atoms with Crippen molar-refractivity contribution in [2.45, 2.75) is 76.3 Å². The van der Waals surface area contributed by atoms with E-state index in [0.29, 0.717) is 51.0 Å². The number of hydrogen-bond donors (Lipinski definition) is 3. The number of para-hydroxylation sites is 3. The Kier molecular flexibility index (Phi) is 24.7. The number of imidazole rings is 2. The molecule has 6 heterocycles. The van der Waals surface area contributed by atoms with Crippen LogP contribution in [0.3, 0.4) is 0 Å². The highest BCUT2D eigenvalue weighted by molar-refractivity contribution is 7.60. The lowest BCUT2D eigenvalue weighted by atomic mass is 10.1. The lowest BCUT2D eigenvalue weighted by Crippen LogP contribution is -2.43. The van der Waals surface area contributed by atoms with E-state index in [-0.39, 0.29) is 25.1 Å². The van der Waals surface area contributed by atoms with Crippen molar-refractivity contribution in [3.63, 3.8) is 0 Å². The highest BCUT2D eigenvalue weighted by Gasteiger charge is 2.52. The normalized spacial score (nSPS) is 20.0. The van der Waals surface area contributed by atoms with E-state index < -0.39 is 124 Å². The number of carbonyl (C=O) groups excluding carboxylic acids is 3. The van der Waals surface area contributed by atoms with Crippen molar-refractivity contribution in [1.82, 2.24) is 27.9 Å². The molecule has 0 saturated carbocycles. The number of aryl methyl sites for hydroxylation is 1. The number of nitrogens with zero attached hydrogens (tertiary/aromatic N) is 6. The SMILES string of the molecule is CCCOP(=O)([O-])OP(=O)([O-])OC[C@H]1O[C@@H](n2ccc3nc(-c4cccc(OC)c4)cn3c2=O)C[C@H]1OC(=O)Nc1ccccc1.Cc1ccc(-c2cn3c(=O)n([C@@H]4O[C@H](COP(=O)([O-])OP(=O)([O-])OCc5ccccc5)[C@H](OC(=O)Nc5ccccc5)C4OC(=O)Nc4ccccc4)ccc3n2)cc1. The molecule has 3 amide bonds. The maximum absolute atomic E-state index is 14.2.